The molecule has 9 heteroatoms. The Morgan fingerprint density at radius 2 is 1.74 bits per heavy atom. The summed E-state index contributed by atoms with van der Waals surface area (Å²) in [4.78, 5) is 32.9. The molecule has 0 amide bonds. The van der Waals surface area contributed by atoms with Gasteiger partial charge in [0.2, 0.25) is 0 Å². The third-order valence-corrected chi connectivity index (χ3v) is 4.00. The normalized spacial score (nSPS) is 10.1. The maximum Gasteiger partial charge on any atom is 0.339 e. The van der Waals surface area contributed by atoms with Crippen LogP contribution in [0.3, 0.4) is 0 Å². The molecule has 0 aromatic heterocycles. The number of hydrogen-bond donors (Lipinski definition) is 0. The van der Waals surface area contributed by atoms with E-state index < -0.39 is 21.5 Å². The summed E-state index contributed by atoms with van der Waals surface area (Å²) in [6.45, 7) is 0. The third-order valence-electron chi connectivity index (χ3n) is 2.86. The van der Waals surface area contributed by atoms with Crippen molar-refractivity contribution in [1.82, 2.24) is 0 Å². The van der Waals surface area contributed by atoms with E-state index in [1.54, 1.807) is 18.2 Å². The van der Waals surface area contributed by atoms with E-state index in [0.29, 0.717) is 4.90 Å². The molecular formula is C14H10N2O6S. The lowest BCUT2D eigenvalue weighted by Gasteiger charge is -2.07. The fraction of sp³-hybridized carbons (Fsp3) is 0.0714. The predicted octanol–water partition coefficient (Wildman–Crippen LogP) is 3.44. The molecule has 0 aliphatic carbocycles. The lowest BCUT2D eigenvalue weighted by molar-refractivity contribution is -0.396. The summed E-state index contributed by atoms with van der Waals surface area (Å²) in [6, 6.07) is 9.81. The van der Waals surface area contributed by atoms with Crippen LogP contribution in [0, 0.1) is 20.2 Å². The number of carbonyl (C=O) groups excluding carboxylic acids is 1. The number of esters is 1. The van der Waals surface area contributed by atoms with Crippen LogP contribution in [0.2, 0.25) is 0 Å². The van der Waals surface area contributed by atoms with E-state index in [1.807, 2.05) is 0 Å². The third kappa shape index (κ3) is 3.64. The van der Waals surface area contributed by atoms with E-state index >= 15 is 0 Å². The first kappa shape index (κ1) is 16.4. The highest BCUT2D eigenvalue weighted by atomic mass is 32.2. The molecule has 118 valence electrons. The molecule has 0 saturated carbocycles. The highest BCUT2D eigenvalue weighted by Crippen LogP contribution is 2.38. The number of methoxy groups -OCH3 is 1. The summed E-state index contributed by atoms with van der Waals surface area (Å²) in [5.74, 6) is -0.572. The Balaban J connectivity index is 2.47. The number of ether oxygens (including phenoxy) is 1. The summed E-state index contributed by atoms with van der Waals surface area (Å²) in [6.07, 6.45) is 0. The topological polar surface area (TPSA) is 113 Å². The molecule has 0 radical (unpaired) electrons. The van der Waals surface area contributed by atoms with Crippen LogP contribution in [0.5, 0.6) is 0 Å². The first-order chi connectivity index (χ1) is 10.9. The summed E-state index contributed by atoms with van der Waals surface area (Å²) in [5, 5.41) is 21.9. The van der Waals surface area contributed by atoms with Gasteiger partial charge in [-0.1, -0.05) is 23.9 Å². The molecule has 0 aliphatic heterocycles. The van der Waals surface area contributed by atoms with E-state index in [2.05, 4.69) is 4.74 Å². The predicted molar refractivity (Wildman–Crippen MR) is 81.7 cm³/mol. The summed E-state index contributed by atoms with van der Waals surface area (Å²) in [7, 11) is 1.23. The van der Waals surface area contributed by atoms with E-state index in [-0.39, 0.29) is 16.1 Å². The fourth-order valence-corrected chi connectivity index (χ4v) is 2.82. The van der Waals surface area contributed by atoms with Gasteiger partial charge >= 0.3 is 5.97 Å². The molecule has 0 unspecified atom stereocenters. The molecule has 0 aliphatic rings. The van der Waals surface area contributed by atoms with Gasteiger partial charge in [-0.25, -0.2) is 4.79 Å². The summed E-state index contributed by atoms with van der Waals surface area (Å²) < 4.78 is 4.67. The van der Waals surface area contributed by atoms with Gasteiger partial charge < -0.3 is 4.74 Å². The Bertz CT molecular complexity index is 793. The molecule has 2 aromatic carbocycles. The van der Waals surface area contributed by atoms with E-state index in [4.69, 9.17) is 0 Å². The lowest BCUT2D eigenvalue weighted by Crippen LogP contribution is -2.03. The number of carbonyl (C=O) groups is 1. The minimum absolute atomic E-state index is 0.192. The van der Waals surface area contributed by atoms with Crippen molar-refractivity contribution in [2.45, 2.75) is 9.79 Å². The van der Waals surface area contributed by atoms with Crippen LogP contribution >= 0.6 is 11.8 Å². The van der Waals surface area contributed by atoms with Crippen LogP contribution in [0.4, 0.5) is 11.4 Å². The Morgan fingerprint density at radius 3 is 2.35 bits per heavy atom. The largest absolute Gasteiger partial charge is 0.465 e. The van der Waals surface area contributed by atoms with E-state index in [9.17, 15) is 25.0 Å². The quantitative estimate of drug-likeness (QED) is 0.467. The van der Waals surface area contributed by atoms with Crippen molar-refractivity contribution in [3.63, 3.8) is 0 Å². The number of nitro benzene ring substituents is 2. The van der Waals surface area contributed by atoms with Gasteiger partial charge in [0.05, 0.1) is 33.5 Å². The standard InChI is InChI=1S/C14H10N2O6S/c1-22-14(17)10-4-2-3-5-12(10)23-13-7-6-9(15(18)19)8-11(13)16(20)21/h2-8H,1H3. The number of nitrogens with zero attached hydrogens (tertiary/aromatic N) is 2. The molecule has 0 fully saturated rings. The van der Waals surface area contributed by atoms with Crippen LogP contribution in [0.15, 0.2) is 52.3 Å². The van der Waals surface area contributed by atoms with Crippen molar-refractivity contribution in [1.29, 1.82) is 0 Å². The fourth-order valence-electron chi connectivity index (χ4n) is 1.80. The van der Waals surface area contributed by atoms with Crippen molar-refractivity contribution >= 4 is 29.1 Å². The minimum atomic E-state index is -0.705. The Labute approximate surface area is 134 Å². The lowest BCUT2D eigenvalue weighted by atomic mass is 10.2. The Hall–Kier alpha value is -2.94. The molecule has 2 rings (SSSR count). The zero-order valence-corrected chi connectivity index (χ0v) is 12.6. The Morgan fingerprint density at radius 1 is 1.04 bits per heavy atom. The van der Waals surface area contributed by atoms with Crippen molar-refractivity contribution in [2.24, 2.45) is 0 Å². The molecule has 23 heavy (non-hydrogen) atoms. The first-order valence-corrected chi connectivity index (χ1v) is 7.03. The molecule has 0 atom stereocenters. The highest BCUT2D eigenvalue weighted by Gasteiger charge is 2.22. The van der Waals surface area contributed by atoms with Gasteiger partial charge in [-0.15, -0.1) is 0 Å². The smallest absolute Gasteiger partial charge is 0.339 e. The van der Waals surface area contributed by atoms with Crippen LogP contribution in [0.1, 0.15) is 10.4 Å². The summed E-state index contributed by atoms with van der Waals surface area (Å²) in [5.41, 5.74) is -0.515. The molecule has 0 saturated heterocycles. The SMILES string of the molecule is COC(=O)c1ccccc1Sc1ccc([N+](=O)[O-])cc1[N+](=O)[O-]. The second-order valence-corrected chi connectivity index (χ2v) is 5.34. The van der Waals surface area contributed by atoms with Crippen molar-refractivity contribution in [3.8, 4) is 0 Å². The van der Waals surface area contributed by atoms with Crippen LogP contribution < -0.4 is 0 Å². The number of non-ortho nitro benzene ring substituents is 1. The Kier molecular flexibility index (Phi) is 4.91. The van der Waals surface area contributed by atoms with E-state index in [0.717, 1.165) is 17.8 Å². The van der Waals surface area contributed by atoms with Crippen LogP contribution in [-0.2, 0) is 4.74 Å². The van der Waals surface area contributed by atoms with Gasteiger partial charge in [-0.2, -0.15) is 0 Å². The average Bonchev–Trinajstić information content (AvgIpc) is 2.54. The van der Waals surface area contributed by atoms with Crippen molar-refractivity contribution in [2.75, 3.05) is 7.11 Å². The molecule has 8 nitrogen and oxygen atoms in total. The highest BCUT2D eigenvalue weighted by molar-refractivity contribution is 7.99. The number of nitro groups is 2. The molecule has 0 N–H and O–H groups in total. The van der Waals surface area contributed by atoms with Gasteiger partial charge in [0, 0.05) is 11.0 Å². The molecule has 0 heterocycles. The molecule has 0 bridgehead atoms. The van der Waals surface area contributed by atoms with Gasteiger partial charge in [-0.3, -0.25) is 20.2 Å². The molecular weight excluding hydrogens is 324 g/mol. The van der Waals surface area contributed by atoms with Gasteiger partial charge in [0.1, 0.15) is 0 Å². The van der Waals surface area contributed by atoms with E-state index in [1.165, 1.54) is 25.3 Å². The van der Waals surface area contributed by atoms with Gasteiger partial charge in [0.25, 0.3) is 11.4 Å². The minimum Gasteiger partial charge on any atom is -0.465 e. The first-order valence-electron chi connectivity index (χ1n) is 6.22. The van der Waals surface area contributed by atoms with Crippen LogP contribution in [-0.4, -0.2) is 22.9 Å². The zero-order chi connectivity index (χ0) is 17.0. The maximum atomic E-state index is 11.7. The maximum absolute atomic E-state index is 11.7. The molecule has 2 aromatic rings. The van der Waals surface area contributed by atoms with Crippen LogP contribution in [0.25, 0.3) is 0 Å². The average molecular weight is 334 g/mol. The zero-order valence-electron chi connectivity index (χ0n) is 11.8. The summed E-state index contributed by atoms with van der Waals surface area (Å²) >= 11 is 0.968. The monoisotopic (exact) mass is 334 g/mol. The van der Waals surface area contributed by atoms with Gasteiger partial charge in [-0.05, 0) is 18.2 Å². The molecule has 0 spiro atoms. The number of benzene rings is 2. The van der Waals surface area contributed by atoms with Crippen molar-refractivity contribution < 1.29 is 19.4 Å². The number of hydrogen-bond acceptors (Lipinski definition) is 7. The number of rotatable bonds is 5. The van der Waals surface area contributed by atoms with Gasteiger partial charge in [0.15, 0.2) is 0 Å². The second kappa shape index (κ2) is 6.88. The van der Waals surface area contributed by atoms with Crippen molar-refractivity contribution in [3.05, 3.63) is 68.3 Å². The second-order valence-electron chi connectivity index (χ2n) is 4.26.